The van der Waals surface area contributed by atoms with Gasteiger partial charge in [0.2, 0.25) is 0 Å². The van der Waals surface area contributed by atoms with Crippen molar-refractivity contribution >= 4 is 28.6 Å². The lowest BCUT2D eigenvalue weighted by atomic mass is 10.1. The molecule has 0 spiro atoms. The molecule has 124 valence electrons. The number of thiophene rings is 1. The highest BCUT2D eigenvalue weighted by Gasteiger charge is 2.21. The van der Waals surface area contributed by atoms with E-state index in [2.05, 4.69) is 4.98 Å². The summed E-state index contributed by atoms with van der Waals surface area (Å²) in [5.74, 6) is 0.734. The lowest BCUT2D eigenvalue weighted by Gasteiger charge is -2.24. The molecule has 1 unspecified atom stereocenters. The van der Waals surface area contributed by atoms with Gasteiger partial charge in [-0.05, 0) is 36.1 Å². The standard InChI is InChI=1S/C18H18N2O2S2/c1-12(13-6-8-14(22-3)9-7-13)20(2)18(21)15-11-24-17(19-15)16-5-4-10-23-16/h4-12H,1-3H3. The molecule has 6 heteroatoms. The van der Waals surface area contributed by atoms with E-state index in [0.717, 1.165) is 21.2 Å². The van der Waals surface area contributed by atoms with Crippen LogP contribution in [-0.2, 0) is 0 Å². The number of ether oxygens (including phenoxy) is 1. The quantitative estimate of drug-likeness (QED) is 0.663. The van der Waals surface area contributed by atoms with Gasteiger partial charge in [0.15, 0.2) is 0 Å². The largest absolute Gasteiger partial charge is 0.497 e. The molecule has 0 saturated heterocycles. The van der Waals surface area contributed by atoms with E-state index in [9.17, 15) is 4.79 Å². The van der Waals surface area contributed by atoms with E-state index in [-0.39, 0.29) is 11.9 Å². The van der Waals surface area contributed by atoms with Gasteiger partial charge in [0.1, 0.15) is 16.5 Å². The van der Waals surface area contributed by atoms with E-state index in [1.165, 1.54) is 11.3 Å². The highest BCUT2D eigenvalue weighted by molar-refractivity contribution is 7.20. The average Bonchev–Trinajstić information content (AvgIpc) is 3.31. The molecule has 1 amide bonds. The number of methoxy groups -OCH3 is 1. The fourth-order valence-corrected chi connectivity index (χ4v) is 3.96. The lowest BCUT2D eigenvalue weighted by molar-refractivity contribution is 0.0737. The number of rotatable bonds is 5. The molecule has 1 atom stereocenters. The first-order chi connectivity index (χ1) is 11.6. The molecule has 0 aliphatic heterocycles. The van der Waals surface area contributed by atoms with Gasteiger partial charge >= 0.3 is 0 Å². The molecular weight excluding hydrogens is 340 g/mol. The summed E-state index contributed by atoms with van der Waals surface area (Å²) in [5, 5.41) is 4.73. The van der Waals surface area contributed by atoms with Crippen molar-refractivity contribution in [1.82, 2.24) is 9.88 Å². The third kappa shape index (κ3) is 3.34. The maximum Gasteiger partial charge on any atom is 0.273 e. The van der Waals surface area contributed by atoms with Crippen LogP contribution in [0.5, 0.6) is 5.75 Å². The molecule has 4 nitrogen and oxygen atoms in total. The van der Waals surface area contributed by atoms with Crippen LogP contribution in [-0.4, -0.2) is 29.9 Å². The normalized spacial score (nSPS) is 12.0. The average molecular weight is 358 g/mol. The second kappa shape index (κ2) is 7.15. The number of amides is 1. The van der Waals surface area contributed by atoms with Crippen LogP contribution < -0.4 is 4.74 Å². The molecule has 0 bridgehead atoms. The highest BCUT2D eigenvalue weighted by Crippen LogP contribution is 2.29. The van der Waals surface area contributed by atoms with Crippen LogP contribution in [0.4, 0.5) is 0 Å². The topological polar surface area (TPSA) is 42.4 Å². The Balaban J connectivity index is 1.76. The molecule has 3 rings (SSSR count). The van der Waals surface area contributed by atoms with Crippen molar-refractivity contribution in [3.8, 4) is 15.6 Å². The number of hydrogen-bond donors (Lipinski definition) is 0. The first kappa shape index (κ1) is 16.7. The Morgan fingerprint density at radius 3 is 2.58 bits per heavy atom. The van der Waals surface area contributed by atoms with Gasteiger partial charge in [-0.3, -0.25) is 4.79 Å². The van der Waals surface area contributed by atoms with E-state index in [0.29, 0.717) is 5.69 Å². The van der Waals surface area contributed by atoms with Crippen molar-refractivity contribution in [1.29, 1.82) is 0 Å². The fraction of sp³-hybridized carbons (Fsp3) is 0.222. The van der Waals surface area contributed by atoms with E-state index in [4.69, 9.17) is 4.74 Å². The van der Waals surface area contributed by atoms with E-state index in [1.54, 1.807) is 30.4 Å². The van der Waals surface area contributed by atoms with E-state index < -0.39 is 0 Å². The van der Waals surface area contributed by atoms with Gasteiger partial charge in [-0.15, -0.1) is 22.7 Å². The van der Waals surface area contributed by atoms with Crippen LogP contribution in [0.1, 0.15) is 29.0 Å². The highest BCUT2D eigenvalue weighted by atomic mass is 32.1. The minimum Gasteiger partial charge on any atom is -0.497 e. The molecule has 0 saturated carbocycles. The minimum absolute atomic E-state index is 0.0460. The third-order valence-electron chi connectivity index (χ3n) is 3.95. The Bertz CT molecular complexity index is 810. The maximum atomic E-state index is 12.7. The third-order valence-corrected chi connectivity index (χ3v) is 5.84. The molecule has 0 N–H and O–H groups in total. The Kier molecular flexibility index (Phi) is 4.97. The van der Waals surface area contributed by atoms with Gasteiger partial charge in [-0.1, -0.05) is 18.2 Å². The molecule has 1 aromatic carbocycles. The van der Waals surface area contributed by atoms with Crippen LogP contribution in [0.15, 0.2) is 47.2 Å². The minimum atomic E-state index is -0.0719. The summed E-state index contributed by atoms with van der Waals surface area (Å²) >= 11 is 3.13. The molecule has 0 aliphatic rings. The Labute approximate surface area is 149 Å². The molecule has 0 aliphatic carbocycles. The van der Waals surface area contributed by atoms with Gasteiger partial charge < -0.3 is 9.64 Å². The molecule has 0 fully saturated rings. The summed E-state index contributed by atoms with van der Waals surface area (Å²) in [4.78, 5) is 20.0. The van der Waals surface area contributed by atoms with Crippen molar-refractivity contribution in [2.75, 3.05) is 14.2 Å². The Morgan fingerprint density at radius 1 is 1.21 bits per heavy atom. The van der Waals surface area contributed by atoms with Gasteiger partial charge in [0, 0.05) is 12.4 Å². The van der Waals surface area contributed by atoms with Crippen molar-refractivity contribution in [2.24, 2.45) is 0 Å². The van der Waals surface area contributed by atoms with E-state index >= 15 is 0 Å². The second-order valence-electron chi connectivity index (χ2n) is 5.38. The number of carbonyl (C=O) groups is 1. The number of benzene rings is 1. The summed E-state index contributed by atoms with van der Waals surface area (Å²) in [6, 6.07) is 11.7. The lowest BCUT2D eigenvalue weighted by Crippen LogP contribution is -2.29. The first-order valence-corrected chi connectivity index (χ1v) is 9.26. The van der Waals surface area contributed by atoms with Gasteiger partial charge in [0.05, 0.1) is 18.0 Å². The fourth-order valence-electron chi connectivity index (χ4n) is 2.35. The van der Waals surface area contributed by atoms with Crippen LogP contribution in [0.25, 0.3) is 9.88 Å². The zero-order chi connectivity index (χ0) is 17.1. The van der Waals surface area contributed by atoms with Crippen molar-refractivity contribution in [3.63, 3.8) is 0 Å². The second-order valence-corrected chi connectivity index (χ2v) is 7.19. The summed E-state index contributed by atoms with van der Waals surface area (Å²) in [7, 11) is 3.45. The Hall–Kier alpha value is -2.18. The van der Waals surface area contributed by atoms with Crippen molar-refractivity contribution in [2.45, 2.75) is 13.0 Å². The summed E-state index contributed by atoms with van der Waals surface area (Å²) in [6.45, 7) is 2.01. The monoisotopic (exact) mass is 358 g/mol. The number of carbonyl (C=O) groups excluding carboxylic acids is 1. The van der Waals surface area contributed by atoms with Gasteiger partial charge in [-0.2, -0.15) is 0 Å². The maximum absolute atomic E-state index is 12.7. The summed E-state index contributed by atoms with van der Waals surface area (Å²) < 4.78 is 5.18. The van der Waals surface area contributed by atoms with Gasteiger partial charge in [-0.25, -0.2) is 4.98 Å². The SMILES string of the molecule is COc1ccc(C(C)N(C)C(=O)c2csc(-c3cccs3)n2)cc1. The summed E-state index contributed by atoms with van der Waals surface area (Å²) in [6.07, 6.45) is 0. The molecular formula is C18H18N2O2S2. The van der Waals surface area contributed by atoms with Crippen LogP contribution in [0.3, 0.4) is 0 Å². The van der Waals surface area contributed by atoms with Gasteiger partial charge in [0.25, 0.3) is 5.91 Å². The first-order valence-electron chi connectivity index (χ1n) is 7.50. The molecule has 3 aromatic rings. The number of nitrogens with zero attached hydrogens (tertiary/aromatic N) is 2. The Morgan fingerprint density at radius 2 is 1.96 bits per heavy atom. The number of thiazole rings is 1. The van der Waals surface area contributed by atoms with E-state index in [1.807, 2.05) is 54.1 Å². The molecule has 2 aromatic heterocycles. The number of aromatic nitrogens is 1. The van der Waals surface area contributed by atoms with Crippen LogP contribution in [0, 0.1) is 0 Å². The van der Waals surface area contributed by atoms with Crippen molar-refractivity contribution < 1.29 is 9.53 Å². The predicted octanol–water partition coefficient (Wildman–Crippen LogP) is 4.71. The summed E-state index contributed by atoms with van der Waals surface area (Å²) in [5.41, 5.74) is 1.55. The number of hydrogen-bond acceptors (Lipinski definition) is 5. The molecule has 24 heavy (non-hydrogen) atoms. The zero-order valence-corrected chi connectivity index (χ0v) is 15.4. The van der Waals surface area contributed by atoms with Crippen molar-refractivity contribution in [3.05, 3.63) is 58.4 Å². The smallest absolute Gasteiger partial charge is 0.273 e. The van der Waals surface area contributed by atoms with Crippen LogP contribution >= 0.6 is 22.7 Å². The zero-order valence-electron chi connectivity index (χ0n) is 13.7. The predicted molar refractivity (Wildman–Crippen MR) is 98.9 cm³/mol. The van der Waals surface area contributed by atoms with Crippen LogP contribution in [0.2, 0.25) is 0 Å². The molecule has 2 heterocycles. The molecule has 0 radical (unpaired) electrons.